The highest BCUT2D eigenvalue weighted by Gasteiger charge is 2.30. The van der Waals surface area contributed by atoms with Crippen LogP contribution in [0.5, 0.6) is 0 Å². The predicted molar refractivity (Wildman–Crippen MR) is 123 cm³/mol. The molecule has 0 saturated carbocycles. The van der Waals surface area contributed by atoms with Gasteiger partial charge >= 0.3 is 0 Å². The second-order valence-electron chi connectivity index (χ2n) is 7.24. The van der Waals surface area contributed by atoms with E-state index in [1.807, 2.05) is 6.07 Å². The van der Waals surface area contributed by atoms with Gasteiger partial charge < -0.3 is 10.1 Å². The van der Waals surface area contributed by atoms with Crippen molar-refractivity contribution in [1.82, 2.24) is 10.3 Å². The number of carbonyl (C=O) groups excluding carboxylic acids is 1. The first-order valence-corrected chi connectivity index (χ1v) is 10.1. The van der Waals surface area contributed by atoms with Crippen LogP contribution in [0.25, 0.3) is 11.3 Å². The van der Waals surface area contributed by atoms with Crippen LogP contribution in [0.15, 0.2) is 66.7 Å². The second kappa shape index (κ2) is 9.29. The zero-order valence-corrected chi connectivity index (χ0v) is 18.4. The first-order chi connectivity index (χ1) is 14.7. The third-order valence-electron chi connectivity index (χ3n) is 4.42. The van der Waals surface area contributed by atoms with Crippen LogP contribution in [-0.2, 0) is 4.74 Å². The number of nitrogens with zero attached hydrogens (tertiary/aromatic N) is 1. The van der Waals surface area contributed by atoms with Crippen LogP contribution in [0, 0.1) is 10.8 Å². The summed E-state index contributed by atoms with van der Waals surface area (Å²) in [7, 11) is 0. The molecule has 6 nitrogen and oxygen atoms in total. The van der Waals surface area contributed by atoms with Gasteiger partial charge in [-0.2, -0.15) is 0 Å². The Hall–Kier alpha value is -3.22. The fraction of sp³-hybridized carbons (Fsp3) is 0.130. The average Bonchev–Trinajstić information content (AvgIpc) is 2.74. The number of hydrogen-bond acceptors (Lipinski definition) is 5. The van der Waals surface area contributed by atoms with Gasteiger partial charge in [-0.1, -0.05) is 47.5 Å². The molecule has 1 amide bonds. The molecule has 158 valence electrons. The van der Waals surface area contributed by atoms with Crippen molar-refractivity contribution in [2.24, 2.45) is 0 Å². The number of nitrogens with one attached hydrogen (secondary N) is 3. The molecule has 0 saturated heterocycles. The van der Waals surface area contributed by atoms with Crippen molar-refractivity contribution in [3.8, 4) is 11.3 Å². The Labute approximate surface area is 190 Å². The van der Waals surface area contributed by atoms with Crippen molar-refractivity contribution in [1.29, 1.82) is 10.8 Å². The molecule has 0 aliphatic heterocycles. The maximum Gasteiger partial charge on any atom is 0.270 e. The summed E-state index contributed by atoms with van der Waals surface area (Å²) in [5.74, 6) is -0.937. The van der Waals surface area contributed by atoms with E-state index >= 15 is 0 Å². The molecule has 0 unspecified atom stereocenters. The number of carbonyl (C=O) groups is 1. The lowest BCUT2D eigenvalue weighted by Gasteiger charge is -2.26. The minimum absolute atomic E-state index is 0.155. The number of rotatable bonds is 5. The summed E-state index contributed by atoms with van der Waals surface area (Å²) in [5.41, 5.74) is 0.677. The summed E-state index contributed by atoms with van der Waals surface area (Å²) in [4.78, 5) is 17.2. The monoisotopic (exact) mass is 454 g/mol. The van der Waals surface area contributed by atoms with E-state index in [-0.39, 0.29) is 17.5 Å². The average molecular weight is 455 g/mol. The van der Waals surface area contributed by atoms with Gasteiger partial charge in [-0.05, 0) is 56.3 Å². The molecule has 3 aromatic rings. The number of halogens is 2. The molecule has 0 spiro atoms. The van der Waals surface area contributed by atoms with Crippen LogP contribution in [0.3, 0.4) is 0 Å². The normalized spacial score (nSPS) is 11.0. The van der Waals surface area contributed by atoms with Crippen molar-refractivity contribution in [2.75, 3.05) is 0 Å². The number of benzene rings is 2. The molecular formula is C23H20Cl2N4O2. The summed E-state index contributed by atoms with van der Waals surface area (Å²) in [5, 5.41) is 19.9. The Morgan fingerprint density at radius 2 is 1.71 bits per heavy atom. The van der Waals surface area contributed by atoms with E-state index in [1.54, 1.807) is 74.5 Å². The van der Waals surface area contributed by atoms with E-state index < -0.39 is 11.4 Å². The largest absolute Gasteiger partial charge is 0.423 e. The Morgan fingerprint density at radius 1 is 1.00 bits per heavy atom. The van der Waals surface area contributed by atoms with Gasteiger partial charge in [-0.15, -0.1) is 0 Å². The highest BCUT2D eigenvalue weighted by Crippen LogP contribution is 2.29. The quantitative estimate of drug-likeness (QED) is 0.346. The van der Waals surface area contributed by atoms with Gasteiger partial charge in [-0.3, -0.25) is 15.6 Å². The van der Waals surface area contributed by atoms with Crippen molar-refractivity contribution in [3.05, 3.63) is 88.0 Å². The van der Waals surface area contributed by atoms with Crippen LogP contribution in [0.4, 0.5) is 0 Å². The number of aromatic nitrogens is 1. The summed E-state index contributed by atoms with van der Waals surface area (Å²) < 4.78 is 5.36. The van der Waals surface area contributed by atoms with Crippen LogP contribution in [-0.4, -0.2) is 28.2 Å². The number of ether oxygens (including phenoxy) is 1. The van der Waals surface area contributed by atoms with Gasteiger partial charge in [-0.25, -0.2) is 4.98 Å². The highest BCUT2D eigenvalue weighted by atomic mass is 35.5. The van der Waals surface area contributed by atoms with Crippen molar-refractivity contribution < 1.29 is 9.53 Å². The highest BCUT2D eigenvalue weighted by molar-refractivity contribution is 6.36. The number of amides is 1. The molecule has 0 aliphatic carbocycles. The summed E-state index contributed by atoms with van der Waals surface area (Å²) in [6.07, 6.45) is 0. The van der Waals surface area contributed by atoms with E-state index in [1.165, 1.54) is 0 Å². The Kier molecular flexibility index (Phi) is 6.73. The van der Waals surface area contributed by atoms with Gasteiger partial charge in [0.1, 0.15) is 11.2 Å². The van der Waals surface area contributed by atoms with Gasteiger partial charge in [0.05, 0.1) is 10.7 Å². The smallest absolute Gasteiger partial charge is 0.270 e. The lowest BCUT2D eigenvalue weighted by molar-refractivity contribution is 0.0922. The predicted octanol–water partition coefficient (Wildman–Crippen LogP) is 5.58. The van der Waals surface area contributed by atoms with Crippen LogP contribution in [0.1, 0.15) is 29.9 Å². The molecule has 3 rings (SSSR count). The summed E-state index contributed by atoms with van der Waals surface area (Å²) >= 11 is 12.2. The molecule has 1 aromatic heterocycles. The van der Waals surface area contributed by atoms with Crippen LogP contribution in [0.2, 0.25) is 10.0 Å². The number of hydrogen-bond donors (Lipinski definition) is 3. The van der Waals surface area contributed by atoms with E-state index in [0.29, 0.717) is 26.9 Å². The van der Waals surface area contributed by atoms with Gasteiger partial charge in [0.15, 0.2) is 0 Å². The van der Waals surface area contributed by atoms with Gasteiger partial charge in [0, 0.05) is 16.1 Å². The van der Waals surface area contributed by atoms with E-state index in [2.05, 4.69) is 10.3 Å². The maximum absolute atomic E-state index is 12.8. The molecule has 0 bridgehead atoms. The molecule has 31 heavy (non-hydrogen) atoms. The summed E-state index contributed by atoms with van der Waals surface area (Å²) in [6.45, 7) is 3.23. The van der Waals surface area contributed by atoms with Crippen molar-refractivity contribution in [3.63, 3.8) is 0 Å². The van der Waals surface area contributed by atoms with Gasteiger partial charge in [0.25, 0.3) is 5.91 Å². The molecule has 2 aromatic carbocycles. The number of pyridine rings is 1. The molecule has 0 fully saturated rings. The second-order valence-corrected chi connectivity index (χ2v) is 8.08. The minimum Gasteiger partial charge on any atom is -0.423 e. The standard InChI is InChI=1S/C23H20Cl2N4O2/c1-23(2,22(27)31-20(26)14-7-4-3-5-8-14)29-21(30)19-10-6-9-18(28-19)16-12-11-15(24)13-17(16)25/h3-13,26-27H,1-2H3,(H,29,30). The van der Waals surface area contributed by atoms with Crippen LogP contribution < -0.4 is 5.32 Å². The third kappa shape index (κ3) is 5.48. The Morgan fingerprint density at radius 3 is 2.39 bits per heavy atom. The Balaban J connectivity index is 1.74. The zero-order chi connectivity index (χ0) is 22.6. The fourth-order valence-electron chi connectivity index (χ4n) is 2.69. The molecule has 0 aliphatic rings. The lowest BCUT2D eigenvalue weighted by Crippen LogP contribution is -2.51. The van der Waals surface area contributed by atoms with E-state index in [0.717, 1.165) is 0 Å². The SMILES string of the molecule is CC(C)(NC(=O)c1cccc(-c2ccc(Cl)cc2Cl)n1)C(=N)OC(=N)c1ccccc1. The molecule has 8 heteroatoms. The molecule has 3 N–H and O–H groups in total. The fourth-order valence-corrected chi connectivity index (χ4v) is 3.20. The van der Waals surface area contributed by atoms with Crippen molar-refractivity contribution in [2.45, 2.75) is 19.4 Å². The molecule has 1 heterocycles. The topological polar surface area (TPSA) is 98.9 Å². The van der Waals surface area contributed by atoms with Crippen LogP contribution >= 0.6 is 23.2 Å². The Bertz CT molecular complexity index is 1150. The summed E-state index contributed by atoms with van der Waals surface area (Å²) in [6, 6.07) is 18.8. The molecule has 0 radical (unpaired) electrons. The van der Waals surface area contributed by atoms with E-state index in [4.69, 9.17) is 38.8 Å². The van der Waals surface area contributed by atoms with E-state index in [9.17, 15) is 4.79 Å². The first kappa shape index (κ1) is 22.5. The minimum atomic E-state index is -1.17. The molecule has 0 atom stereocenters. The lowest BCUT2D eigenvalue weighted by atomic mass is 10.0. The third-order valence-corrected chi connectivity index (χ3v) is 4.97. The molecular weight excluding hydrogens is 435 g/mol. The zero-order valence-electron chi connectivity index (χ0n) is 16.9. The van der Waals surface area contributed by atoms with Gasteiger partial charge in [0.2, 0.25) is 11.8 Å². The maximum atomic E-state index is 12.8. The van der Waals surface area contributed by atoms with Crippen molar-refractivity contribution >= 4 is 40.9 Å². The first-order valence-electron chi connectivity index (χ1n) is 9.33.